The van der Waals surface area contributed by atoms with Gasteiger partial charge in [-0.3, -0.25) is 10.1 Å². The topological polar surface area (TPSA) is 84.9 Å². The zero-order valence-electron chi connectivity index (χ0n) is 14.6. The minimum atomic E-state index is -0.568. The van der Waals surface area contributed by atoms with E-state index in [1.165, 1.54) is 12.1 Å². The normalized spacial score (nSPS) is 16.9. The molecule has 1 aromatic carbocycles. The van der Waals surface area contributed by atoms with Crippen LogP contribution in [0.25, 0.3) is 0 Å². The number of likely N-dealkylation sites (tertiary alicyclic amines) is 1. The van der Waals surface area contributed by atoms with Gasteiger partial charge in [-0.15, -0.1) is 0 Å². The van der Waals surface area contributed by atoms with Crippen LogP contribution < -0.4 is 5.32 Å². The molecule has 1 unspecified atom stereocenters. The lowest BCUT2D eigenvalue weighted by Crippen LogP contribution is -2.41. The van der Waals surface area contributed by atoms with Crippen LogP contribution in [0.5, 0.6) is 0 Å². The van der Waals surface area contributed by atoms with E-state index in [1.807, 2.05) is 0 Å². The van der Waals surface area contributed by atoms with E-state index in [0.717, 1.165) is 19.4 Å². The second-order valence-electron chi connectivity index (χ2n) is 6.09. The molecular weight excluding hydrogens is 324 g/mol. The zero-order valence-corrected chi connectivity index (χ0v) is 14.6. The van der Waals surface area contributed by atoms with E-state index >= 15 is 0 Å². The van der Waals surface area contributed by atoms with Crippen LogP contribution in [0.15, 0.2) is 24.3 Å². The highest BCUT2D eigenvalue weighted by molar-refractivity contribution is 5.92. The average molecular weight is 348 g/mol. The molecule has 0 saturated carbocycles. The fraction of sp³-hybridized carbons (Fsp3) is 0.500. The summed E-state index contributed by atoms with van der Waals surface area (Å²) in [7, 11) is 0. The lowest BCUT2D eigenvalue weighted by molar-refractivity contribution is -0.136. The second kappa shape index (κ2) is 9.05. The van der Waals surface area contributed by atoms with Gasteiger partial charge in [0.05, 0.1) is 12.2 Å². The molecule has 0 bridgehead atoms. The highest BCUT2D eigenvalue weighted by Crippen LogP contribution is 2.16. The molecule has 1 aliphatic rings. The summed E-state index contributed by atoms with van der Waals surface area (Å²) in [4.78, 5) is 37.2. The largest absolute Gasteiger partial charge is 0.452 e. The molecule has 25 heavy (non-hydrogen) atoms. The number of nitrogens with zero attached hydrogens (tertiary/aromatic N) is 1. The predicted molar refractivity (Wildman–Crippen MR) is 92.3 cm³/mol. The summed E-state index contributed by atoms with van der Waals surface area (Å²) in [5.74, 6) is -0.255. The molecule has 1 saturated heterocycles. The van der Waals surface area contributed by atoms with Crippen molar-refractivity contribution in [1.82, 2.24) is 4.90 Å². The molecule has 1 fully saturated rings. The van der Waals surface area contributed by atoms with E-state index < -0.39 is 12.1 Å². The second-order valence-corrected chi connectivity index (χ2v) is 6.09. The SMILES string of the molecule is CCOC(=O)Nc1ccc(C(=O)OCC(=O)N2CCCC(C)C2)cc1. The summed E-state index contributed by atoms with van der Waals surface area (Å²) in [5.41, 5.74) is 0.822. The van der Waals surface area contributed by atoms with Gasteiger partial charge in [-0.1, -0.05) is 6.92 Å². The van der Waals surface area contributed by atoms with Crippen LogP contribution >= 0.6 is 0 Å². The van der Waals surface area contributed by atoms with Crippen molar-refractivity contribution in [3.05, 3.63) is 29.8 Å². The maximum Gasteiger partial charge on any atom is 0.411 e. The quantitative estimate of drug-likeness (QED) is 0.827. The third kappa shape index (κ3) is 5.77. The van der Waals surface area contributed by atoms with Crippen molar-refractivity contribution in [2.45, 2.75) is 26.7 Å². The summed E-state index contributed by atoms with van der Waals surface area (Å²) in [6.07, 6.45) is 1.55. The van der Waals surface area contributed by atoms with E-state index in [2.05, 4.69) is 12.2 Å². The van der Waals surface area contributed by atoms with Crippen molar-refractivity contribution >= 4 is 23.7 Å². The molecule has 0 aromatic heterocycles. The maximum absolute atomic E-state index is 12.1. The number of nitrogens with one attached hydrogen (secondary N) is 1. The highest BCUT2D eigenvalue weighted by Gasteiger charge is 2.22. The number of benzene rings is 1. The van der Waals surface area contributed by atoms with Crippen molar-refractivity contribution in [2.75, 3.05) is 31.6 Å². The number of hydrogen-bond acceptors (Lipinski definition) is 5. The molecule has 1 aromatic rings. The maximum atomic E-state index is 12.1. The van der Waals surface area contributed by atoms with Crippen molar-refractivity contribution in [3.8, 4) is 0 Å². The van der Waals surface area contributed by atoms with Gasteiger partial charge in [-0.2, -0.15) is 0 Å². The Labute approximate surface area is 147 Å². The van der Waals surface area contributed by atoms with Gasteiger partial charge in [0.25, 0.3) is 5.91 Å². The molecule has 136 valence electrons. The van der Waals surface area contributed by atoms with Crippen LogP contribution in [0.3, 0.4) is 0 Å². The Morgan fingerprint density at radius 2 is 1.92 bits per heavy atom. The van der Waals surface area contributed by atoms with E-state index in [-0.39, 0.29) is 19.1 Å². The third-order valence-electron chi connectivity index (χ3n) is 3.98. The fourth-order valence-corrected chi connectivity index (χ4v) is 2.69. The molecule has 2 amide bonds. The van der Waals surface area contributed by atoms with Gasteiger partial charge >= 0.3 is 12.1 Å². The first kappa shape index (κ1) is 18.8. The Bertz CT molecular complexity index is 614. The summed E-state index contributed by atoms with van der Waals surface area (Å²) in [6.45, 7) is 5.27. The number of carbonyl (C=O) groups is 3. The monoisotopic (exact) mass is 348 g/mol. The first-order valence-corrected chi connectivity index (χ1v) is 8.48. The first-order valence-electron chi connectivity index (χ1n) is 8.48. The zero-order chi connectivity index (χ0) is 18.2. The molecule has 1 aliphatic heterocycles. The summed E-state index contributed by atoms with van der Waals surface area (Å²) < 4.78 is 9.87. The van der Waals surface area contributed by atoms with Crippen molar-refractivity contribution < 1.29 is 23.9 Å². The van der Waals surface area contributed by atoms with Gasteiger partial charge in [0.2, 0.25) is 0 Å². The minimum absolute atomic E-state index is 0.166. The fourth-order valence-electron chi connectivity index (χ4n) is 2.69. The van der Waals surface area contributed by atoms with Gasteiger partial charge in [0, 0.05) is 18.8 Å². The minimum Gasteiger partial charge on any atom is -0.452 e. The van der Waals surface area contributed by atoms with Crippen LogP contribution in [0.1, 0.15) is 37.0 Å². The van der Waals surface area contributed by atoms with Gasteiger partial charge < -0.3 is 14.4 Å². The van der Waals surface area contributed by atoms with Crippen LogP contribution in [0.4, 0.5) is 10.5 Å². The molecule has 7 heteroatoms. The van der Waals surface area contributed by atoms with Gasteiger partial charge in [-0.25, -0.2) is 9.59 Å². The average Bonchev–Trinajstić information content (AvgIpc) is 2.60. The summed E-state index contributed by atoms with van der Waals surface area (Å²) in [6, 6.07) is 6.19. The molecule has 0 spiro atoms. The molecule has 1 heterocycles. The van der Waals surface area contributed by atoms with E-state index in [1.54, 1.807) is 24.0 Å². The van der Waals surface area contributed by atoms with Crippen molar-refractivity contribution in [3.63, 3.8) is 0 Å². The molecule has 1 N–H and O–H groups in total. The van der Waals surface area contributed by atoms with E-state index in [4.69, 9.17) is 9.47 Å². The van der Waals surface area contributed by atoms with Crippen LogP contribution in [0, 0.1) is 5.92 Å². The molecular formula is C18H24N2O5. The van der Waals surface area contributed by atoms with Gasteiger partial charge in [-0.05, 0) is 49.9 Å². The molecule has 0 aliphatic carbocycles. The van der Waals surface area contributed by atoms with Gasteiger partial charge in [0.15, 0.2) is 6.61 Å². The number of esters is 1. The number of piperidine rings is 1. The molecule has 1 atom stereocenters. The summed E-state index contributed by atoms with van der Waals surface area (Å²) >= 11 is 0. The van der Waals surface area contributed by atoms with Crippen LogP contribution in [-0.4, -0.2) is 49.2 Å². The van der Waals surface area contributed by atoms with E-state index in [9.17, 15) is 14.4 Å². The van der Waals surface area contributed by atoms with Gasteiger partial charge in [0.1, 0.15) is 0 Å². The Morgan fingerprint density at radius 1 is 1.20 bits per heavy atom. The van der Waals surface area contributed by atoms with Crippen molar-refractivity contribution in [2.24, 2.45) is 5.92 Å². The molecule has 0 radical (unpaired) electrons. The van der Waals surface area contributed by atoms with Crippen LogP contribution in [-0.2, 0) is 14.3 Å². The number of rotatable bonds is 5. The first-order chi connectivity index (χ1) is 12.0. The number of amides is 2. The third-order valence-corrected chi connectivity index (χ3v) is 3.98. The number of anilines is 1. The number of hydrogen-bond donors (Lipinski definition) is 1. The Hall–Kier alpha value is -2.57. The summed E-state index contributed by atoms with van der Waals surface area (Å²) in [5, 5.41) is 2.53. The molecule has 7 nitrogen and oxygen atoms in total. The van der Waals surface area contributed by atoms with E-state index in [0.29, 0.717) is 23.7 Å². The number of ether oxygens (including phenoxy) is 2. The Morgan fingerprint density at radius 3 is 2.56 bits per heavy atom. The lowest BCUT2D eigenvalue weighted by atomic mass is 10.0. The van der Waals surface area contributed by atoms with Crippen molar-refractivity contribution in [1.29, 1.82) is 0 Å². The predicted octanol–water partition coefficient (Wildman–Crippen LogP) is 2.67. The number of carbonyl (C=O) groups excluding carboxylic acids is 3. The highest BCUT2D eigenvalue weighted by atomic mass is 16.5. The smallest absolute Gasteiger partial charge is 0.411 e. The Balaban J connectivity index is 1.82. The molecule has 2 rings (SSSR count). The lowest BCUT2D eigenvalue weighted by Gasteiger charge is -2.30. The standard InChI is InChI=1S/C18H24N2O5/c1-3-24-18(23)19-15-8-6-14(7-9-15)17(22)25-12-16(21)20-10-4-5-13(2)11-20/h6-9,13H,3-5,10-12H2,1-2H3,(H,19,23). The van der Waals surface area contributed by atoms with Crippen LogP contribution in [0.2, 0.25) is 0 Å². The Kier molecular flexibility index (Phi) is 6.80.